The lowest BCUT2D eigenvalue weighted by molar-refractivity contribution is 0.0946. The number of hydrogen-bond donors (Lipinski definition) is 2. The topological polar surface area (TPSA) is 71.8 Å². The zero-order valence-corrected chi connectivity index (χ0v) is 14.5. The van der Waals surface area contributed by atoms with Crippen molar-refractivity contribution in [3.63, 3.8) is 0 Å². The molecule has 6 nitrogen and oxygen atoms in total. The van der Waals surface area contributed by atoms with Gasteiger partial charge in [0.15, 0.2) is 0 Å². The van der Waals surface area contributed by atoms with Crippen molar-refractivity contribution < 1.29 is 4.79 Å². The predicted octanol–water partition coefficient (Wildman–Crippen LogP) is 2.38. The van der Waals surface area contributed by atoms with E-state index in [4.69, 9.17) is 0 Å². The van der Waals surface area contributed by atoms with Crippen LogP contribution in [0.4, 0.5) is 0 Å². The molecule has 0 saturated heterocycles. The van der Waals surface area contributed by atoms with Gasteiger partial charge in [-0.15, -0.1) is 0 Å². The van der Waals surface area contributed by atoms with Crippen molar-refractivity contribution >= 4 is 16.9 Å². The van der Waals surface area contributed by atoms with Crippen molar-refractivity contribution in [3.05, 3.63) is 59.7 Å². The standard InChI is InChI=1S/C20H21N5O/c26-20(22-11-17-15-4-2-1-3-13(15)7-9-21-17)18-16-8-10-25(14-5-6-14)19(16)24-12-23-18/h1-4,8,10,12,14,17,21H,5-7,9,11H2,(H,22,26). The molecule has 3 aromatic rings. The molecule has 1 aliphatic carbocycles. The third-order valence-electron chi connectivity index (χ3n) is 5.35. The summed E-state index contributed by atoms with van der Waals surface area (Å²) < 4.78 is 2.16. The molecule has 1 amide bonds. The van der Waals surface area contributed by atoms with Crippen LogP contribution in [0.2, 0.25) is 0 Å². The van der Waals surface area contributed by atoms with E-state index in [9.17, 15) is 4.79 Å². The summed E-state index contributed by atoms with van der Waals surface area (Å²) >= 11 is 0. The van der Waals surface area contributed by atoms with Crippen LogP contribution in [0.5, 0.6) is 0 Å². The normalized spacial score (nSPS) is 19.3. The van der Waals surface area contributed by atoms with Crippen LogP contribution in [0.1, 0.15) is 46.5 Å². The number of rotatable bonds is 4. The van der Waals surface area contributed by atoms with E-state index in [2.05, 4.69) is 49.4 Å². The van der Waals surface area contributed by atoms with Gasteiger partial charge in [-0.05, 0) is 43.0 Å². The number of carbonyl (C=O) groups excluding carboxylic acids is 1. The Morgan fingerprint density at radius 3 is 3.00 bits per heavy atom. The Hall–Kier alpha value is -2.73. The molecule has 2 aliphatic rings. The lowest BCUT2D eigenvalue weighted by atomic mass is 9.94. The lowest BCUT2D eigenvalue weighted by Gasteiger charge is -2.27. The third-order valence-corrected chi connectivity index (χ3v) is 5.35. The van der Waals surface area contributed by atoms with E-state index < -0.39 is 0 Å². The molecule has 1 aliphatic heterocycles. The van der Waals surface area contributed by atoms with Crippen molar-refractivity contribution in [1.82, 2.24) is 25.2 Å². The second-order valence-corrected chi connectivity index (χ2v) is 7.08. The Morgan fingerprint density at radius 1 is 1.23 bits per heavy atom. The minimum atomic E-state index is -0.143. The molecule has 1 aromatic carbocycles. The lowest BCUT2D eigenvalue weighted by Crippen LogP contribution is -2.39. The second kappa shape index (κ2) is 6.21. The van der Waals surface area contributed by atoms with Gasteiger partial charge in [-0.25, -0.2) is 9.97 Å². The summed E-state index contributed by atoms with van der Waals surface area (Å²) in [5.74, 6) is -0.143. The highest BCUT2D eigenvalue weighted by molar-refractivity contribution is 6.03. The van der Waals surface area contributed by atoms with Gasteiger partial charge < -0.3 is 15.2 Å². The summed E-state index contributed by atoms with van der Waals surface area (Å²) in [4.78, 5) is 21.4. The zero-order valence-electron chi connectivity index (χ0n) is 14.5. The predicted molar refractivity (Wildman–Crippen MR) is 99.0 cm³/mol. The number of benzene rings is 1. The minimum Gasteiger partial charge on any atom is -0.349 e. The Balaban J connectivity index is 1.36. The van der Waals surface area contributed by atoms with Gasteiger partial charge in [-0.2, -0.15) is 0 Å². The molecule has 1 fully saturated rings. The largest absolute Gasteiger partial charge is 0.349 e. The van der Waals surface area contributed by atoms with Gasteiger partial charge in [0, 0.05) is 24.8 Å². The number of carbonyl (C=O) groups is 1. The van der Waals surface area contributed by atoms with Crippen LogP contribution in [0.3, 0.4) is 0 Å². The van der Waals surface area contributed by atoms with Crippen molar-refractivity contribution in [2.75, 3.05) is 13.1 Å². The molecule has 2 N–H and O–H groups in total. The second-order valence-electron chi connectivity index (χ2n) is 7.08. The molecule has 2 aromatic heterocycles. The Bertz CT molecular complexity index is 975. The molecule has 0 spiro atoms. The van der Waals surface area contributed by atoms with Crippen LogP contribution >= 0.6 is 0 Å². The fraction of sp³-hybridized carbons (Fsp3) is 0.350. The van der Waals surface area contributed by atoms with Crippen LogP contribution in [-0.2, 0) is 6.42 Å². The third kappa shape index (κ3) is 2.66. The highest BCUT2D eigenvalue weighted by Gasteiger charge is 2.26. The quantitative estimate of drug-likeness (QED) is 0.760. The fourth-order valence-corrected chi connectivity index (χ4v) is 3.85. The summed E-state index contributed by atoms with van der Waals surface area (Å²) in [6.45, 7) is 1.48. The van der Waals surface area contributed by atoms with E-state index in [0.29, 0.717) is 18.3 Å². The summed E-state index contributed by atoms with van der Waals surface area (Å²) in [6.07, 6.45) is 6.91. The first-order valence-corrected chi connectivity index (χ1v) is 9.22. The highest BCUT2D eigenvalue weighted by Crippen LogP contribution is 2.37. The molecule has 1 saturated carbocycles. The first kappa shape index (κ1) is 15.5. The Labute approximate surface area is 151 Å². The first-order chi connectivity index (χ1) is 12.8. The van der Waals surface area contributed by atoms with Crippen molar-refractivity contribution in [2.24, 2.45) is 0 Å². The molecule has 132 valence electrons. The molecule has 0 radical (unpaired) electrons. The number of nitrogens with zero attached hydrogens (tertiary/aromatic N) is 3. The van der Waals surface area contributed by atoms with E-state index in [-0.39, 0.29) is 11.9 Å². The summed E-state index contributed by atoms with van der Waals surface area (Å²) in [7, 11) is 0. The maximum atomic E-state index is 12.8. The molecule has 6 heteroatoms. The molecule has 3 heterocycles. The molecule has 0 bridgehead atoms. The van der Waals surface area contributed by atoms with Gasteiger partial charge in [0.2, 0.25) is 0 Å². The fourth-order valence-electron chi connectivity index (χ4n) is 3.85. The van der Waals surface area contributed by atoms with Crippen LogP contribution in [-0.4, -0.2) is 33.5 Å². The number of amides is 1. The number of hydrogen-bond acceptors (Lipinski definition) is 4. The van der Waals surface area contributed by atoms with Gasteiger partial charge in [0.1, 0.15) is 17.7 Å². The highest BCUT2D eigenvalue weighted by atomic mass is 16.1. The van der Waals surface area contributed by atoms with Crippen LogP contribution in [0.15, 0.2) is 42.9 Å². The van der Waals surface area contributed by atoms with Crippen LogP contribution in [0, 0.1) is 0 Å². The summed E-state index contributed by atoms with van der Waals surface area (Å²) in [6, 6.07) is 11.0. The van der Waals surface area contributed by atoms with Crippen molar-refractivity contribution in [3.8, 4) is 0 Å². The van der Waals surface area contributed by atoms with Gasteiger partial charge >= 0.3 is 0 Å². The zero-order chi connectivity index (χ0) is 17.5. The van der Waals surface area contributed by atoms with Gasteiger partial charge in [0.05, 0.1) is 5.39 Å². The summed E-state index contributed by atoms with van der Waals surface area (Å²) in [5.41, 5.74) is 3.94. The number of nitrogens with one attached hydrogen (secondary N) is 2. The first-order valence-electron chi connectivity index (χ1n) is 9.22. The van der Waals surface area contributed by atoms with Crippen molar-refractivity contribution in [2.45, 2.75) is 31.3 Å². The summed E-state index contributed by atoms with van der Waals surface area (Å²) in [5, 5.41) is 7.38. The number of aromatic nitrogens is 3. The maximum absolute atomic E-state index is 12.8. The molecule has 1 unspecified atom stereocenters. The molecular weight excluding hydrogens is 326 g/mol. The Kier molecular flexibility index (Phi) is 3.71. The maximum Gasteiger partial charge on any atom is 0.270 e. The van der Waals surface area contributed by atoms with Gasteiger partial charge in [0.25, 0.3) is 5.91 Å². The smallest absolute Gasteiger partial charge is 0.270 e. The van der Waals surface area contributed by atoms with Gasteiger partial charge in [-0.1, -0.05) is 24.3 Å². The van der Waals surface area contributed by atoms with E-state index in [1.807, 2.05) is 12.3 Å². The molecule has 26 heavy (non-hydrogen) atoms. The average Bonchev–Trinajstić information content (AvgIpc) is 3.44. The van der Waals surface area contributed by atoms with Gasteiger partial charge in [-0.3, -0.25) is 4.79 Å². The minimum absolute atomic E-state index is 0.136. The van der Waals surface area contributed by atoms with Crippen LogP contribution < -0.4 is 10.6 Å². The molecular formula is C20H21N5O. The SMILES string of the molecule is O=C(NCC1NCCc2ccccc21)c1ncnc2c1ccn2C1CC1. The van der Waals surface area contributed by atoms with Crippen LogP contribution in [0.25, 0.3) is 11.0 Å². The van der Waals surface area contributed by atoms with E-state index in [1.54, 1.807) is 0 Å². The average molecular weight is 347 g/mol. The monoisotopic (exact) mass is 347 g/mol. The molecule has 1 atom stereocenters. The van der Waals surface area contributed by atoms with E-state index in [1.165, 1.54) is 30.3 Å². The van der Waals surface area contributed by atoms with E-state index >= 15 is 0 Å². The number of fused-ring (bicyclic) bond motifs is 2. The van der Waals surface area contributed by atoms with Crippen molar-refractivity contribution in [1.29, 1.82) is 0 Å². The van der Waals surface area contributed by atoms with E-state index in [0.717, 1.165) is 24.0 Å². The Morgan fingerprint density at radius 2 is 2.12 bits per heavy atom. The molecule has 5 rings (SSSR count).